The fourth-order valence-corrected chi connectivity index (χ4v) is 3.38. The normalized spacial score (nSPS) is 11.2. The van der Waals surface area contributed by atoms with Crippen LogP contribution in [0.2, 0.25) is 0 Å². The van der Waals surface area contributed by atoms with E-state index in [1.807, 2.05) is 49.4 Å². The molecule has 154 valence electrons. The van der Waals surface area contributed by atoms with Gasteiger partial charge in [0.2, 0.25) is 0 Å². The quantitative estimate of drug-likeness (QED) is 0.440. The van der Waals surface area contributed by atoms with Crippen LogP contribution < -0.4 is 10.3 Å². The lowest BCUT2D eigenvalue weighted by atomic mass is 10.1. The number of ether oxygens (including phenoxy) is 2. The van der Waals surface area contributed by atoms with Crippen LogP contribution in [0.1, 0.15) is 12.6 Å². The van der Waals surface area contributed by atoms with Crippen molar-refractivity contribution in [3.63, 3.8) is 0 Å². The molecule has 8 heteroatoms. The fraction of sp³-hybridized carbons (Fsp3) is 0.273. The van der Waals surface area contributed by atoms with Crippen LogP contribution in [0.25, 0.3) is 28.2 Å². The molecule has 0 saturated carbocycles. The molecule has 1 aromatic carbocycles. The molecule has 0 atom stereocenters. The zero-order valence-electron chi connectivity index (χ0n) is 17.2. The molecule has 4 aromatic rings. The molecule has 8 nitrogen and oxygen atoms in total. The van der Waals surface area contributed by atoms with Gasteiger partial charge in [-0.05, 0) is 30.7 Å². The summed E-state index contributed by atoms with van der Waals surface area (Å²) in [5.74, 6) is 1.82. The summed E-state index contributed by atoms with van der Waals surface area (Å²) in [6.45, 7) is 2.88. The molecule has 0 aliphatic heterocycles. The van der Waals surface area contributed by atoms with E-state index in [1.165, 1.54) is 4.57 Å². The molecule has 0 aliphatic rings. The highest BCUT2D eigenvalue weighted by Gasteiger charge is 2.21. The Kier molecular flexibility index (Phi) is 5.58. The number of hydrogen-bond donors (Lipinski definition) is 0. The highest BCUT2D eigenvalue weighted by atomic mass is 16.5. The molecule has 30 heavy (non-hydrogen) atoms. The van der Waals surface area contributed by atoms with Crippen LogP contribution in [-0.2, 0) is 18.2 Å². The number of pyridine rings is 1. The molecule has 0 saturated heterocycles. The second-order valence-electron chi connectivity index (χ2n) is 6.73. The molecule has 3 aromatic heterocycles. The summed E-state index contributed by atoms with van der Waals surface area (Å²) in [6.07, 6.45) is 2.35. The van der Waals surface area contributed by atoms with Crippen LogP contribution in [0.4, 0.5) is 0 Å². The fourth-order valence-electron chi connectivity index (χ4n) is 3.38. The van der Waals surface area contributed by atoms with E-state index < -0.39 is 0 Å². The highest BCUT2D eigenvalue weighted by Crippen LogP contribution is 2.29. The largest absolute Gasteiger partial charge is 0.490 e. The van der Waals surface area contributed by atoms with E-state index in [-0.39, 0.29) is 5.56 Å². The van der Waals surface area contributed by atoms with Crippen molar-refractivity contribution in [2.45, 2.75) is 13.3 Å². The molecule has 0 unspecified atom stereocenters. The van der Waals surface area contributed by atoms with Crippen LogP contribution >= 0.6 is 0 Å². The minimum atomic E-state index is -0.217. The minimum Gasteiger partial charge on any atom is -0.490 e. The highest BCUT2D eigenvalue weighted by molar-refractivity contribution is 5.80. The lowest BCUT2D eigenvalue weighted by Gasteiger charge is -2.13. The maximum Gasteiger partial charge on any atom is 0.281 e. The number of aryl methyl sites for hydroxylation is 1. The first kappa shape index (κ1) is 19.8. The number of aromatic nitrogens is 5. The molecule has 4 rings (SSSR count). The van der Waals surface area contributed by atoms with Crippen molar-refractivity contribution in [1.29, 1.82) is 0 Å². The van der Waals surface area contributed by atoms with Crippen molar-refractivity contribution in [3.8, 4) is 23.0 Å². The smallest absolute Gasteiger partial charge is 0.281 e. The van der Waals surface area contributed by atoms with Crippen LogP contribution in [0.15, 0.2) is 53.5 Å². The Morgan fingerprint density at radius 2 is 1.83 bits per heavy atom. The Morgan fingerprint density at radius 3 is 2.57 bits per heavy atom. The summed E-state index contributed by atoms with van der Waals surface area (Å²) in [6, 6.07) is 13.1. The maximum atomic E-state index is 13.2. The first-order valence-electron chi connectivity index (χ1n) is 9.76. The summed E-state index contributed by atoms with van der Waals surface area (Å²) in [7, 11) is 3.32. The van der Waals surface area contributed by atoms with Gasteiger partial charge in [-0.2, -0.15) is 5.10 Å². The third kappa shape index (κ3) is 3.46. The van der Waals surface area contributed by atoms with Gasteiger partial charge in [-0.3, -0.25) is 9.36 Å². The van der Waals surface area contributed by atoms with Crippen molar-refractivity contribution in [2.75, 3.05) is 20.3 Å². The monoisotopic (exact) mass is 405 g/mol. The zero-order valence-corrected chi connectivity index (χ0v) is 17.2. The summed E-state index contributed by atoms with van der Waals surface area (Å²) in [5, 5.41) is 4.54. The number of fused-ring (bicyclic) bond motifs is 1. The number of methoxy groups -OCH3 is 1. The lowest BCUT2D eigenvalue weighted by molar-refractivity contribution is 0.146. The maximum absolute atomic E-state index is 13.2. The molecule has 0 N–H and O–H groups in total. The van der Waals surface area contributed by atoms with Crippen molar-refractivity contribution in [1.82, 2.24) is 24.3 Å². The number of rotatable bonds is 7. The summed E-state index contributed by atoms with van der Waals surface area (Å²) < 4.78 is 14.1. The van der Waals surface area contributed by atoms with Gasteiger partial charge in [0.05, 0.1) is 17.9 Å². The summed E-state index contributed by atoms with van der Waals surface area (Å²) in [4.78, 5) is 22.4. The minimum absolute atomic E-state index is 0.217. The molecule has 0 fully saturated rings. The molecule has 0 radical (unpaired) electrons. The topological polar surface area (TPSA) is 84.1 Å². The van der Waals surface area contributed by atoms with Gasteiger partial charge >= 0.3 is 0 Å². The Balaban J connectivity index is 1.92. The third-order valence-electron chi connectivity index (χ3n) is 4.87. The molecular weight excluding hydrogens is 382 g/mol. The lowest BCUT2D eigenvalue weighted by Crippen LogP contribution is -2.20. The Morgan fingerprint density at radius 1 is 1.03 bits per heavy atom. The van der Waals surface area contributed by atoms with Crippen molar-refractivity contribution < 1.29 is 9.47 Å². The molecule has 0 spiro atoms. The van der Waals surface area contributed by atoms with E-state index >= 15 is 0 Å². The van der Waals surface area contributed by atoms with Gasteiger partial charge in [0.1, 0.15) is 23.7 Å². The van der Waals surface area contributed by atoms with Crippen molar-refractivity contribution >= 4 is 11.0 Å². The second-order valence-corrected chi connectivity index (χ2v) is 6.73. The molecule has 0 aliphatic carbocycles. The SMILES string of the molecule is CCc1c2nc(-c3ccccc3OCCOC)n(C)c(=O)c2nn1-c1ccccn1. The Labute approximate surface area is 173 Å². The van der Waals surface area contributed by atoms with Crippen molar-refractivity contribution in [2.24, 2.45) is 7.05 Å². The molecule has 0 bridgehead atoms. The standard InChI is InChI=1S/C22H23N5O3/c1-4-16-19-20(25-27(16)18-11-7-8-12-23-18)22(28)26(2)21(24-19)15-9-5-6-10-17(15)30-14-13-29-3/h5-12H,4,13-14H2,1-3H3. The van der Waals surface area contributed by atoms with Gasteiger partial charge in [-0.25, -0.2) is 14.6 Å². The Bertz CT molecular complexity index is 1230. The van der Waals surface area contributed by atoms with Crippen LogP contribution in [0, 0.1) is 0 Å². The predicted molar refractivity (Wildman–Crippen MR) is 114 cm³/mol. The number of nitrogens with zero attached hydrogens (tertiary/aromatic N) is 5. The van der Waals surface area contributed by atoms with Crippen LogP contribution in [-0.4, -0.2) is 44.6 Å². The van der Waals surface area contributed by atoms with Gasteiger partial charge in [-0.15, -0.1) is 0 Å². The van der Waals surface area contributed by atoms with E-state index in [0.717, 1.165) is 11.3 Å². The second kappa shape index (κ2) is 8.46. The molecule has 3 heterocycles. The van der Waals surface area contributed by atoms with Gasteiger partial charge < -0.3 is 9.47 Å². The summed E-state index contributed by atoms with van der Waals surface area (Å²) in [5.41, 5.74) is 2.25. The first-order valence-corrected chi connectivity index (χ1v) is 9.76. The van der Waals surface area contributed by atoms with Gasteiger partial charge in [0.15, 0.2) is 11.3 Å². The summed E-state index contributed by atoms with van der Waals surface area (Å²) >= 11 is 0. The van der Waals surface area contributed by atoms with E-state index in [4.69, 9.17) is 14.5 Å². The third-order valence-corrected chi connectivity index (χ3v) is 4.87. The molecule has 0 amide bonds. The van der Waals surface area contributed by atoms with E-state index in [9.17, 15) is 4.79 Å². The number of para-hydroxylation sites is 1. The van der Waals surface area contributed by atoms with E-state index in [0.29, 0.717) is 48.1 Å². The Hall–Kier alpha value is -3.52. The van der Waals surface area contributed by atoms with Gasteiger partial charge in [0.25, 0.3) is 5.56 Å². The van der Waals surface area contributed by atoms with Crippen molar-refractivity contribution in [3.05, 3.63) is 64.7 Å². The average Bonchev–Trinajstić information content (AvgIpc) is 3.16. The average molecular weight is 405 g/mol. The number of benzene rings is 1. The predicted octanol–water partition coefficient (Wildman–Crippen LogP) is 2.77. The van der Waals surface area contributed by atoms with Crippen LogP contribution in [0.3, 0.4) is 0 Å². The van der Waals surface area contributed by atoms with Gasteiger partial charge in [0, 0.05) is 20.4 Å². The van der Waals surface area contributed by atoms with Crippen LogP contribution in [0.5, 0.6) is 5.75 Å². The zero-order chi connectivity index (χ0) is 21.1. The first-order chi connectivity index (χ1) is 14.7. The van der Waals surface area contributed by atoms with E-state index in [2.05, 4.69) is 10.1 Å². The molecular formula is C22H23N5O3. The van der Waals surface area contributed by atoms with Gasteiger partial charge in [-0.1, -0.05) is 25.1 Å². The number of hydrogen-bond acceptors (Lipinski definition) is 6. The van der Waals surface area contributed by atoms with E-state index in [1.54, 1.807) is 25.0 Å².